The van der Waals surface area contributed by atoms with E-state index in [0.717, 1.165) is 0 Å². The number of aryl methyl sites for hydroxylation is 1. The summed E-state index contributed by atoms with van der Waals surface area (Å²) in [7, 11) is 0. The summed E-state index contributed by atoms with van der Waals surface area (Å²) in [5.74, 6) is -0.553. The van der Waals surface area contributed by atoms with E-state index in [0.29, 0.717) is 22.7 Å². The maximum Gasteiger partial charge on any atom is 0.344 e. The van der Waals surface area contributed by atoms with Crippen LogP contribution in [0.5, 0.6) is 0 Å². The fraction of sp³-hybridized carbons (Fsp3) is 0.353. The normalized spacial score (nSPS) is 12.0. The van der Waals surface area contributed by atoms with Crippen molar-refractivity contribution in [3.05, 3.63) is 47.3 Å². The van der Waals surface area contributed by atoms with Crippen molar-refractivity contribution in [3.8, 4) is 0 Å². The Bertz CT molecular complexity index is 692. The molecule has 0 unspecified atom stereocenters. The third-order valence-electron chi connectivity index (χ3n) is 3.31. The van der Waals surface area contributed by atoms with Gasteiger partial charge in [0.05, 0.1) is 5.69 Å². The zero-order chi connectivity index (χ0) is 17.0. The Morgan fingerprint density at radius 2 is 1.83 bits per heavy atom. The fourth-order valence-corrected chi connectivity index (χ4v) is 2.07. The van der Waals surface area contributed by atoms with Crippen LogP contribution < -0.4 is 5.32 Å². The molecule has 0 radical (unpaired) electrons. The van der Waals surface area contributed by atoms with Crippen molar-refractivity contribution in [2.75, 3.05) is 5.32 Å². The Balaban J connectivity index is 2.05. The number of nitrogens with one attached hydrogen (secondary N) is 1. The molecule has 0 spiro atoms. The maximum atomic E-state index is 12.3. The fourth-order valence-electron chi connectivity index (χ4n) is 2.07. The summed E-state index contributed by atoms with van der Waals surface area (Å²) in [5.41, 5.74) is 1.39. The smallest absolute Gasteiger partial charge is 0.344 e. The van der Waals surface area contributed by atoms with Gasteiger partial charge in [0.15, 0.2) is 11.9 Å². The van der Waals surface area contributed by atoms with Gasteiger partial charge >= 0.3 is 5.97 Å². The number of benzene rings is 1. The molecule has 0 aliphatic rings. The van der Waals surface area contributed by atoms with Crippen LogP contribution in [0.4, 0.5) is 5.69 Å². The van der Waals surface area contributed by atoms with Gasteiger partial charge in [0, 0.05) is 11.6 Å². The van der Waals surface area contributed by atoms with Crippen molar-refractivity contribution >= 4 is 17.6 Å². The molecule has 1 atom stereocenters. The molecule has 0 aliphatic heterocycles. The molecule has 0 bridgehead atoms. The van der Waals surface area contributed by atoms with E-state index in [-0.39, 0.29) is 5.92 Å². The maximum absolute atomic E-state index is 12.3. The zero-order valence-corrected chi connectivity index (χ0v) is 13.6. The van der Waals surface area contributed by atoms with E-state index in [9.17, 15) is 9.59 Å². The molecule has 1 aromatic carbocycles. The highest BCUT2D eigenvalue weighted by Gasteiger charge is 2.27. The van der Waals surface area contributed by atoms with Crippen LogP contribution in [0.3, 0.4) is 0 Å². The standard InChI is InChI=1S/C17H20N2O4/c1-10(2)15-14(11(3)19-23-15)17(21)22-12(4)16(20)18-13-8-6-5-7-9-13/h5-10,12H,1-4H3,(H,18,20)/t12-/m0/s1. The Morgan fingerprint density at radius 1 is 1.17 bits per heavy atom. The molecule has 0 saturated carbocycles. The predicted octanol–water partition coefficient (Wildman–Crippen LogP) is 3.29. The lowest BCUT2D eigenvalue weighted by Crippen LogP contribution is -2.30. The molecule has 6 nitrogen and oxygen atoms in total. The number of hydrogen-bond acceptors (Lipinski definition) is 5. The number of anilines is 1. The summed E-state index contributed by atoms with van der Waals surface area (Å²) in [4.78, 5) is 24.4. The van der Waals surface area contributed by atoms with Gasteiger partial charge in [-0.05, 0) is 26.0 Å². The van der Waals surface area contributed by atoms with Gasteiger partial charge in [-0.1, -0.05) is 37.2 Å². The van der Waals surface area contributed by atoms with Crippen molar-refractivity contribution in [1.82, 2.24) is 5.16 Å². The molecule has 0 fully saturated rings. The lowest BCUT2D eigenvalue weighted by atomic mass is 10.1. The lowest BCUT2D eigenvalue weighted by molar-refractivity contribution is -0.123. The topological polar surface area (TPSA) is 81.4 Å². The summed E-state index contributed by atoms with van der Waals surface area (Å²) >= 11 is 0. The van der Waals surface area contributed by atoms with Crippen LogP contribution in [0.1, 0.15) is 48.5 Å². The highest BCUT2D eigenvalue weighted by atomic mass is 16.5. The zero-order valence-electron chi connectivity index (χ0n) is 13.6. The van der Waals surface area contributed by atoms with Gasteiger partial charge in [-0.15, -0.1) is 0 Å². The average Bonchev–Trinajstić information content (AvgIpc) is 2.90. The van der Waals surface area contributed by atoms with E-state index in [1.54, 1.807) is 19.1 Å². The van der Waals surface area contributed by atoms with Gasteiger partial charge in [0.1, 0.15) is 5.56 Å². The van der Waals surface area contributed by atoms with Crippen molar-refractivity contribution in [2.45, 2.75) is 39.7 Å². The van der Waals surface area contributed by atoms with E-state index >= 15 is 0 Å². The molecule has 1 N–H and O–H groups in total. The molecular formula is C17H20N2O4. The summed E-state index contributed by atoms with van der Waals surface area (Å²) < 4.78 is 10.4. The highest BCUT2D eigenvalue weighted by Crippen LogP contribution is 2.23. The SMILES string of the molecule is Cc1noc(C(C)C)c1C(=O)O[C@@H](C)C(=O)Nc1ccccc1. The molecule has 1 heterocycles. The van der Waals surface area contributed by atoms with E-state index < -0.39 is 18.0 Å². The summed E-state index contributed by atoms with van der Waals surface area (Å²) in [5, 5.41) is 6.49. The van der Waals surface area contributed by atoms with Gasteiger partial charge in [0.2, 0.25) is 0 Å². The first-order valence-corrected chi connectivity index (χ1v) is 7.43. The second-order valence-electron chi connectivity index (χ2n) is 5.56. The lowest BCUT2D eigenvalue weighted by Gasteiger charge is -2.14. The molecule has 0 saturated heterocycles. The van der Waals surface area contributed by atoms with E-state index in [1.807, 2.05) is 32.0 Å². The van der Waals surface area contributed by atoms with Crippen molar-refractivity contribution in [3.63, 3.8) is 0 Å². The van der Waals surface area contributed by atoms with Gasteiger partial charge in [0.25, 0.3) is 5.91 Å². The number of carbonyl (C=O) groups excluding carboxylic acids is 2. The minimum Gasteiger partial charge on any atom is -0.449 e. The van der Waals surface area contributed by atoms with Gasteiger partial charge in [-0.2, -0.15) is 0 Å². The van der Waals surface area contributed by atoms with Gasteiger partial charge in [-0.25, -0.2) is 4.79 Å². The Kier molecular flexibility index (Phi) is 5.16. The minimum atomic E-state index is -0.933. The van der Waals surface area contributed by atoms with E-state index in [1.165, 1.54) is 6.92 Å². The number of hydrogen-bond donors (Lipinski definition) is 1. The predicted molar refractivity (Wildman–Crippen MR) is 85.3 cm³/mol. The van der Waals surface area contributed by atoms with Crippen LogP contribution in [0.25, 0.3) is 0 Å². The summed E-state index contributed by atoms with van der Waals surface area (Å²) in [6.07, 6.45) is -0.933. The summed E-state index contributed by atoms with van der Waals surface area (Å²) in [6.45, 7) is 6.97. The Morgan fingerprint density at radius 3 is 2.43 bits per heavy atom. The van der Waals surface area contributed by atoms with Crippen LogP contribution in [-0.2, 0) is 9.53 Å². The molecule has 1 amide bonds. The first-order valence-electron chi connectivity index (χ1n) is 7.43. The average molecular weight is 316 g/mol. The number of para-hydroxylation sites is 1. The number of ether oxygens (including phenoxy) is 1. The first-order chi connectivity index (χ1) is 10.9. The monoisotopic (exact) mass is 316 g/mol. The molecule has 2 rings (SSSR count). The highest BCUT2D eigenvalue weighted by molar-refractivity contribution is 5.98. The second-order valence-corrected chi connectivity index (χ2v) is 5.56. The second kappa shape index (κ2) is 7.09. The quantitative estimate of drug-likeness (QED) is 0.856. The van der Waals surface area contributed by atoms with E-state index in [4.69, 9.17) is 9.26 Å². The van der Waals surface area contributed by atoms with Crippen LogP contribution in [0.2, 0.25) is 0 Å². The third-order valence-corrected chi connectivity index (χ3v) is 3.31. The molecule has 1 aromatic heterocycles. The van der Waals surface area contributed by atoms with Crippen LogP contribution in [-0.4, -0.2) is 23.1 Å². The van der Waals surface area contributed by atoms with Crippen LogP contribution >= 0.6 is 0 Å². The van der Waals surface area contributed by atoms with Crippen molar-refractivity contribution in [2.24, 2.45) is 0 Å². The van der Waals surface area contributed by atoms with Gasteiger partial charge < -0.3 is 14.6 Å². The number of esters is 1. The Hall–Kier alpha value is -2.63. The molecule has 23 heavy (non-hydrogen) atoms. The van der Waals surface area contributed by atoms with Crippen LogP contribution in [0, 0.1) is 6.92 Å². The van der Waals surface area contributed by atoms with Crippen molar-refractivity contribution < 1.29 is 18.8 Å². The molecular weight excluding hydrogens is 296 g/mol. The third kappa shape index (κ3) is 3.97. The number of aromatic nitrogens is 1. The first kappa shape index (κ1) is 16.7. The Labute approximate surface area is 134 Å². The van der Waals surface area contributed by atoms with Gasteiger partial charge in [-0.3, -0.25) is 4.79 Å². The minimum absolute atomic E-state index is 0.00722. The van der Waals surface area contributed by atoms with Crippen LogP contribution in [0.15, 0.2) is 34.9 Å². The molecule has 2 aromatic rings. The number of amides is 1. The largest absolute Gasteiger partial charge is 0.449 e. The van der Waals surface area contributed by atoms with Crippen molar-refractivity contribution in [1.29, 1.82) is 0 Å². The molecule has 0 aliphatic carbocycles. The molecule has 6 heteroatoms. The summed E-state index contributed by atoms with van der Waals surface area (Å²) in [6, 6.07) is 8.98. The number of nitrogens with zero attached hydrogens (tertiary/aromatic N) is 1. The number of carbonyl (C=O) groups is 2. The number of rotatable bonds is 5. The molecule has 122 valence electrons. The van der Waals surface area contributed by atoms with E-state index in [2.05, 4.69) is 10.5 Å².